The summed E-state index contributed by atoms with van der Waals surface area (Å²) < 4.78 is 28.2. The molecule has 0 aromatic heterocycles. The van der Waals surface area contributed by atoms with E-state index in [2.05, 4.69) is 72.0 Å². The molecule has 0 N–H and O–H groups in total. The summed E-state index contributed by atoms with van der Waals surface area (Å²) in [6.45, 7) is 4.45. The highest BCUT2D eigenvalue weighted by Gasteiger charge is 2.08. The largest absolute Gasteiger partial charge is 0.205 e. The quantitative estimate of drug-likeness (QED) is 0.239. The molecule has 0 aliphatic rings. The van der Waals surface area contributed by atoms with E-state index in [0.717, 1.165) is 29.7 Å². The minimum absolute atomic E-state index is 0.0636. The second-order valence-electron chi connectivity index (χ2n) is 7.48. The van der Waals surface area contributed by atoms with Gasteiger partial charge in [-0.2, -0.15) is 4.99 Å². The Morgan fingerprint density at radius 2 is 1.28 bits per heavy atom. The van der Waals surface area contributed by atoms with Crippen molar-refractivity contribution in [2.75, 3.05) is 0 Å². The van der Waals surface area contributed by atoms with Gasteiger partial charge in [-0.05, 0) is 66.5 Å². The number of hydrogen-bond donors (Lipinski definition) is 0. The Morgan fingerprint density at radius 1 is 0.812 bits per heavy atom. The minimum atomic E-state index is -0.792. The van der Waals surface area contributed by atoms with Crippen molar-refractivity contribution >= 4 is 23.1 Å². The van der Waals surface area contributed by atoms with Crippen LogP contribution in [0.5, 0.6) is 0 Å². The second-order valence-corrected chi connectivity index (χ2v) is 7.66. The minimum Gasteiger partial charge on any atom is -0.205 e. The highest BCUT2D eigenvalue weighted by Crippen LogP contribution is 2.20. The third-order valence-corrected chi connectivity index (χ3v) is 5.10. The molecule has 0 aliphatic carbocycles. The van der Waals surface area contributed by atoms with E-state index in [-0.39, 0.29) is 11.3 Å². The van der Waals surface area contributed by atoms with E-state index in [0.29, 0.717) is 11.5 Å². The summed E-state index contributed by atoms with van der Waals surface area (Å²) in [4.78, 5) is 3.58. The lowest BCUT2D eigenvalue weighted by atomic mass is 9.98. The number of rotatable bonds is 4. The van der Waals surface area contributed by atoms with Crippen LogP contribution in [-0.2, 0) is 6.42 Å². The monoisotopic (exact) mass is 441 g/mol. The average molecular weight is 442 g/mol. The van der Waals surface area contributed by atoms with Gasteiger partial charge in [0.15, 0.2) is 0 Å². The molecule has 3 aromatic carbocycles. The van der Waals surface area contributed by atoms with Gasteiger partial charge in [-0.15, -0.1) is 0 Å². The highest BCUT2D eigenvalue weighted by atomic mass is 32.1. The van der Waals surface area contributed by atoms with Gasteiger partial charge < -0.3 is 0 Å². The third-order valence-electron chi connectivity index (χ3n) is 5.00. The van der Waals surface area contributed by atoms with Gasteiger partial charge in [0.25, 0.3) is 0 Å². The van der Waals surface area contributed by atoms with E-state index in [4.69, 9.17) is 0 Å². The first-order valence-corrected chi connectivity index (χ1v) is 10.7. The molecular weight excluding hydrogens is 420 g/mol. The summed E-state index contributed by atoms with van der Waals surface area (Å²) >= 11 is 4.45. The van der Waals surface area contributed by atoms with Crippen LogP contribution in [0.25, 0.3) is 0 Å². The van der Waals surface area contributed by atoms with Crippen LogP contribution in [0.2, 0.25) is 0 Å². The Hall–Kier alpha value is -3.56. The molecule has 3 rings (SSSR count). The summed E-state index contributed by atoms with van der Waals surface area (Å²) in [5.41, 5.74) is 3.49. The van der Waals surface area contributed by atoms with Gasteiger partial charge in [-0.3, -0.25) is 0 Å². The zero-order valence-corrected chi connectivity index (χ0v) is 18.7. The van der Waals surface area contributed by atoms with Gasteiger partial charge in [0.2, 0.25) is 0 Å². The van der Waals surface area contributed by atoms with E-state index in [1.165, 1.54) is 12.0 Å². The van der Waals surface area contributed by atoms with Gasteiger partial charge in [0.1, 0.15) is 11.6 Å². The van der Waals surface area contributed by atoms with E-state index in [1.54, 1.807) is 12.1 Å². The molecule has 1 unspecified atom stereocenters. The van der Waals surface area contributed by atoms with Gasteiger partial charge in [0.05, 0.1) is 16.4 Å². The lowest BCUT2D eigenvalue weighted by Crippen LogP contribution is -1.97. The Labute approximate surface area is 193 Å². The van der Waals surface area contributed by atoms with Crippen molar-refractivity contribution in [3.8, 4) is 23.7 Å². The molecule has 4 heteroatoms. The smallest absolute Gasteiger partial charge is 0.143 e. The van der Waals surface area contributed by atoms with Crippen LogP contribution in [-0.4, -0.2) is 5.16 Å². The fraction of sp³-hybridized carbons (Fsp3) is 0.179. The molecule has 3 aromatic rings. The van der Waals surface area contributed by atoms with Crippen molar-refractivity contribution in [1.82, 2.24) is 0 Å². The van der Waals surface area contributed by atoms with E-state index in [9.17, 15) is 8.78 Å². The molecule has 0 amide bonds. The maximum atomic E-state index is 14.1. The number of thiocarbonyl (C=S) groups is 1. The summed E-state index contributed by atoms with van der Waals surface area (Å²) in [5.74, 6) is 10.7. The molecule has 1 atom stereocenters. The first-order valence-electron chi connectivity index (χ1n) is 10.3. The lowest BCUT2D eigenvalue weighted by molar-refractivity contribution is 0.560. The average Bonchev–Trinajstić information content (AvgIpc) is 2.79. The van der Waals surface area contributed by atoms with E-state index < -0.39 is 11.6 Å². The van der Waals surface area contributed by atoms with Crippen LogP contribution >= 0.6 is 12.2 Å². The zero-order chi connectivity index (χ0) is 22.9. The molecule has 0 fully saturated rings. The van der Waals surface area contributed by atoms with Gasteiger partial charge in [-0.25, -0.2) is 8.78 Å². The number of aliphatic imine (C=N–C) groups is 1. The number of hydrogen-bond acceptors (Lipinski definition) is 2. The number of nitrogens with zero attached hydrogens (tertiary/aromatic N) is 1. The van der Waals surface area contributed by atoms with Crippen LogP contribution in [0, 0.1) is 41.2 Å². The number of halogens is 2. The maximum absolute atomic E-state index is 14.1. The SMILES string of the molecule is CCC(C)Cc1ccc(C#Cc2ccc(C#Cc3c(F)cc(N=C=S)cc3F)cc2)cc1. The van der Waals surface area contributed by atoms with Crippen molar-refractivity contribution in [3.05, 3.63) is 100 Å². The van der Waals surface area contributed by atoms with E-state index >= 15 is 0 Å². The molecule has 0 spiro atoms. The van der Waals surface area contributed by atoms with Gasteiger partial charge in [-0.1, -0.05) is 56.1 Å². The fourth-order valence-corrected chi connectivity index (χ4v) is 3.09. The first-order chi connectivity index (χ1) is 15.5. The van der Waals surface area contributed by atoms with Crippen molar-refractivity contribution < 1.29 is 8.78 Å². The van der Waals surface area contributed by atoms with Crippen LogP contribution < -0.4 is 0 Å². The summed E-state index contributed by atoms with van der Waals surface area (Å²) in [6.07, 6.45) is 2.24. The molecule has 0 bridgehead atoms. The van der Waals surface area contributed by atoms with Gasteiger partial charge >= 0.3 is 0 Å². The van der Waals surface area contributed by atoms with E-state index in [1.807, 2.05) is 24.3 Å². The Bertz CT molecular complexity index is 1240. The summed E-state index contributed by atoms with van der Waals surface area (Å²) in [6, 6.07) is 17.7. The highest BCUT2D eigenvalue weighted by molar-refractivity contribution is 7.78. The summed E-state index contributed by atoms with van der Waals surface area (Å²) in [5, 5.41) is 2.08. The van der Waals surface area contributed by atoms with Crippen LogP contribution in [0.3, 0.4) is 0 Å². The van der Waals surface area contributed by atoms with Gasteiger partial charge in [0, 0.05) is 28.8 Å². The van der Waals surface area contributed by atoms with Crippen LogP contribution in [0.1, 0.15) is 48.1 Å². The topological polar surface area (TPSA) is 12.4 Å². The number of isothiocyanates is 1. The molecular formula is C28H21F2NS. The predicted octanol–water partition coefficient (Wildman–Crippen LogP) is 7.09. The molecule has 0 radical (unpaired) electrons. The Balaban J connectivity index is 1.71. The van der Waals surface area contributed by atoms with Crippen molar-refractivity contribution in [2.45, 2.75) is 26.7 Å². The van der Waals surface area contributed by atoms with Crippen molar-refractivity contribution in [2.24, 2.45) is 10.9 Å². The molecule has 1 nitrogen and oxygen atoms in total. The molecule has 0 saturated carbocycles. The molecule has 0 heterocycles. The Kier molecular flexibility index (Phi) is 8.07. The number of benzene rings is 3. The maximum Gasteiger partial charge on any atom is 0.143 e. The summed E-state index contributed by atoms with van der Waals surface area (Å²) in [7, 11) is 0. The standard InChI is InChI=1S/C28H21F2NS/c1-3-20(2)16-24-12-10-22(11-13-24)5-4-21-6-8-23(9-7-21)14-15-26-27(29)17-25(31-19-32)18-28(26)30/h6-13,17-18,20H,3,16H2,1-2H3. The zero-order valence-electron chi connectivity index (χ0n) is 17.9. The molecule has 0 saturated heterocycles. The van der Waals surface area contributed by atoms with Crippen molar-refractivity contribution in [1.29, 1.82) is 0 Å². The predicted molar refractivity (Wildman–Crippen MR) is 129 cm³/mol. The normalized spacial score (nSPS) is 10.8. The van der Waals surface area contributed by atoms with Crippen molar-refractivity contribution in [3.63, 3.8) is 0 Å². The van der Waals surface area contributed by atoms with Crippen LogP contribution in [0.15, 0.2) is 65.7 Å². The molecule has 32 heavy (non-hydrogen) atoms. The molecule has 158 valence electrons. The van der Waals surface area contributed by atoms with Crippen LogP contribution in [0.4, 0.5) is 14.5 Å². The lowest BCUT2D eigenvalue weighted by Gasteiger charge is -2.07. The third kappa shape index (κ3) is 6.47. The Morgan fingerprint density at radius 3 is 1.75 bits per heavy atom. The second kappa shape index (κ2) is 11.2. The first kappa shape index (κ1) is 23.1. The fourth-order valence-electron chi connectivity index (χ4n) is 2.98. The molecule has 0 aliphatic heterocycles.